The van der Waals surface area contributed by atoms with E-state index in [2.05, 4.69) is 16.8 Å². The highest BCUT2D eigenvalue weighted by molar-refractivity contribution is 5.98. The smallest absolute Gasteiger partial charge is 0.221 e. The van der Waals surface area contributed by atoms with Gasteiger partial charge in [0, 0.05) is 36.1 Å². The summed E-state index contributed by atoms with van der Waals surface area (Å²) in [6.45, 7) is 8.47. The van der Waals surface area contributed by atoms with Gasteiger partial charge in [-0.15, -0.1) is 0 Å². The first kappa shape index (κ1) is 17.8. The van der Waals surface area contributed by atoms with Crippen LogP contribution in [0, 0.1) is 13.8 Å². The molecule has 1 aromatic heterocycles. The SMILES string of the molecule is CCCn1c(C)cc(C(=O)COc2ccc(NC(C)=O)cc2)c1C. The lowest BCUT2D eigenvalue weighted by molar-refractivity contribution is -0.114. The minimum absolute atomic E-state index is 0.00407. The van der Waals surface area contributed by atoms with Crippen molar-refractivity contribution in [3.63, 3.8) is 0 Å². The summed E-state index contributed by atoms with van der Waals surface area (Å²) < 4.78 is 7.74. The molecule has 0 aliphatic carbocycles. The zero-order valence-corrected chi connectivity index (χ0v) is 14.7. The average molecular weight is 328 g/mol. The molecule has 0 fully saturated rings. The van der Waals surface area contributed by atoms with E-state index in [0.717, 1.165) is 29.9 Å². The molecule has 0 spiro atoms. The molecule has 0 atom stereocenters. The molecule has 0 saturated carbocycles. The maximum Gasteiger partial charge on any atom is 0.221 e. The van der Waals surface area contributed by atoms with E-state index in [4.69, 9.17) is 4.74 Å². The minimum atomic E-state index is -0.124. The highest BCUT2D eigenvalue weighted by Crippen LogP contribution is 2.19. The lowest BCUT2D eigenvalue weighted by atomic mass is 10.1. The van der Waals surface area contributed by atoms with E-state index in [9.17, 15) is 9.59 Å². The molecule has 128 valence electrons. The normalized spacial score (nSPS) is 10.5. The molecule has 0 aliphatic rings. The molecule has 0 aliphatic heterocycles. The second-order valence-corrected chi connectivity index (χ2v) is 5.85. The number of benzene rings is 1. The third kappa shape index (κ3) is 4.25. The molecule has 0 radical (unpaired) electrons. The molecule has 0 bridgehead atoms. The average Bonchev–Trinajstić information content (AvgIpc) is 2.82. The Kier molecular flexibility index (Phi) is 5.79. The molecule has 1 amide bonds. The first-order chi connectivity index (χ1) is 11.4. The van der Waals surface area contributed by atoms with E-state index in [-0.39, 0.29) is 18.3 Å². The van der Waals surface area contributed by atoms with Gasteiger partial charge in [0.15, 0.2) is 6.61 Å². The minimum Gasteiger partial charge on any atom is -0.485 e. The highest BCUT2D eigenvalue weighted by Gasteiger charge is 2.15. The molecule has 1 N–H and O–H groups in total. The zero-order valence-electron chi connectivity index (χ0n) is 14.7. The van der Waals surface area contributed by atoms with Crippen LogP contribution in [0.2, 0.25) is 0 Å². The maximum absolute atomic E-state index is 12.4. The Morgan fingerprint density at radius 3 is 2.42 bits per heavy atom. The Morgan fingerprint density at radius 1 is 1.17 bits per heavy atom. The number of ketones is 1. The molecule has 5 heteroatoms. The summed E-state index contributed by atoms with van der Waals surface area (Å²) >= 11 is 0. The van der Waals surface area contributed by atoms with Crippen molar-refractivity contribution in [2.24, 2.45) is 0 Å². The summed E-state index contributed by atoms with van der Waals surface area (Å²) in [7, 11) is 0. The highest BCUT2D eigenvalue weighted by atomic mass is 16.5. The van der Waals surface area contributed by atoms with Crippen molar-refractivity contribution in [3.8, 4) is 5.75 Å². The first-order valence-corrected chi connectivity index (χ1v) is 8.12. The van der Waals surface area contributed by atoms with Crippen LogP contribution in [0.3, 0.4) is 0 Å². The zero-order chi connectivity index (χ0) is 17.7. The number of hydrogen-bond donors (Lipinski definition) is 1. The number of aromatic nitrogens is 1. The van der Waals surface area contributed by atoms with Crippen molar-refractivity contribution in [2.75, 3.05) is 11.9 Å². The molecule has 2 rings (SSSR count). The fourth-order valence-electron chi connectivity index (χ4n) is 2.72. The van der Waals surface area contributed by atoms with Crippen LogP contribution in [0.15, 0.2) is 30.3 Å². The number of nitrogens with one attached hydrogen (secondary N) is 1. The summed E-state index contributed by atoms with van der Waals surface area (Å²) in [5.41, 5.74) is 3.50. The van der Waals surface area contributed by atoms with Gasteiger partial charge in [-0.1, -0.05) is 6.92 Å². The number of carbonyl (C=O) groups is 2. The first-order valence-electron chi connectivity index (χ1n) is 8.12. The van der Waals surface area contributed by atoms with Crippen molar-refractivity contribution in [1.29, 1.82) is 0 Å². The standard InChI is InChI=1S/C19H24N2O3/c1-5-10-21-13(2)11-18(14(21)3)19(23)12-24-17-8-6-16(7-9-17)20-15(4)22/h6-9,11H,5,10,12H2,1-4H3,(H,20,22). The fraction of sp³-hybridized carbons (Fsp3) is 0.368. The topological polar surface area (TPSA) is 60.3 Å². The van der Waals surface area contributed by atoms with Gasteiger partial charge in [-0.3, -0.25) is 9.59 Å². The lowest BCUT2D eigenvalue weighted by Gasteiger charge is -2.09. The Labute approximate surface area is 142 Å². The molecule has 0 saturated heterocycles. The lowest BCUT2D eigenvalue weighted by Crippen LogP contribution is -2.13. The van der Waals surface area contributed by atoms with E-state index in [1.807, 2.05) is 19.9 Å². The Morgan fingerprint density at radius 2 is 1.83 bits per heavy atom. The molecular weight excluding hydrogens is 304 g/mol. The Balaban J connectivity index is 2.00. The van der Waals surface area contributed by atoms with Gasteiger partial charge in [0.2, 0.25) is 11.7 Å². The van der Waals surface area contributed by atoms with Gasteiger partial charge in [0.1, 0.15) is 5.75 Å². The van der Waals surface area contributed by atoms with Crippen LogP contribution < -0.4 is 10.1 Å². The number of Topliss-reactive ketones (excluding diaryl/α,β-unsaturated/α-hetero) is 1. The largest absolute Gasteiger partial charge is 0.485 e. The quantitative estimate of drug-likeness (QED) is 0.788. The molecule has 5 nitrogen and oxygen atoms in total. The fourth-order valence-corrected chi connectivity index (χ4v) is 2.72. The molecule has 1 heterocycles. The van der Waals surface area contributed by atoms with E-state index in [1.54, 1.807) is 24.3 Å². The molecular formula is C19H24N2O3. The van der Waals surface area contributed by atoms with E-state index in [1.165, 1.54) is 6.92 Å². The van der Waals surface area contributed by atoms with Crippen molar-refractivity contribution in [3.05, 3.63) is 47.3 Å². The Hall–Kier alpha value is -2.56. The predicted molar refractivity (Wildman–Crippen MR) is 94.8 cm³/mol. The third-order valence-corrected chi connectivity index (χ3v) is 3.87. The molecule has 1 aromatic carbocycles. The number of nitrogens with zero attached hydrogens (tertiary/aromatic N) is 1. The van der Waals surface area contributed by atoms with E-state index < -0.39 is 0 Å². The van der Waals surface area contributed by atoms with Crippen LogP contribution in [-0.4, -0.2) is 22.9 Å². The number of carbonyl (C=O) groups excluding carboxylic acids is 2. The van der Waals surface area contributed by atoms with Gasteiger partial charge in [-0.05, 0) is 50.6 Å². The van der Waals surface area contributed by atoms with Crippen LogP contribution in [0.1, 0.15) is 42.0 Å². The van der Waals surface area contributed by atoms with Crippen molar-refractivity contribution >= 4 is 17.4 Å². The second kappa shape index (κ2) is 7.81. The molecule has 2 aromatic rings. The van der Waals surface area contributed by atoms with Crippen molar-refractivity contribution in [1.82, 2.24) is 4.57 Å². The van der Waals surface area contributed by atoms with Crippen LogP contribution >= 0.6 is 0 Å². The van der Waals surface area contributed by atoms with Gasteiger partial charge >= 0.3 is 0 Å². The number of ether oxygens (including phenoxy) is 1. The summed E-state index contributed by atoms with van der Waals surface area (Å²) in [4.78, 5) is 23.4. The van der Waals surface area contributed by atoms with Gasteiger partial charge in [0.25, 0.3) is 0 Å². The van der Waals surface area contributed by atoms with Crippen molar-refractivity contribution < 1.29 is 14.3 Å². The number of hydrogen-bond acceptors (Lipinski definition) is 3. The summed E-state index contributed by atoms with van der Waals surface area (Å²) in [5.74, 6) is 0.442. The number of amides is 1. The van der Waals surface area contributed by atoms with Gasteiger partial charge in [-0.25, -0.2) is 0 Å². The predicted octanol–water partition coefficient (Wildman–Crippen LogP) is 3.74. The second-order valence-electron chi connectivity index (χ2n) is 5.85. The van der Waals surface area contributed by atoms with Crippen LogP contribution in [-0.2, 0) is 11.3 Å². The van der Waals surface area contributed by atoms with Gasteiger partial charge < -0.3 is 14.6 Å². The molecule has 24 heavy (non-hydrogen) atoms. The third-order valence-electron chi connectivity index (χ3n) is 3.87. The number of anilines is 1. The van der Waals surface area contributed by atoms with Crippen molar-refractivity contribution in [2.45, 2.75) is 40.7 Å². The van der Waals surface area contributed by atoms with Gasteiger partial charge in [-0.2, -0.15) is 0 Å². The Bertz CT molecular complexity index is 730. The van der Waals surface area contributed by atoms with Crippen LogP contribution in [0.5, 0.6) is 5.75 Å². The molecule has 0 unspecified atom stereocenters. The van der Waals surface area contributed by atoms with E-state index in [0.29, 0.717) is 11.4 Å². The number of aryl methyl sites for hydroxylation is 1. The van der Waals surface area contributed by atoms with Gasteiger partial charge in [0.05, 0.1) is 0 Å². The summed E-state index contributed by atoms with van der Waals surface area (Å²) in [5, 5.41) is 2.69. The monoisotopic (exact) mass is 328 g/mol. The summed E-state index contributed by atoms with van der Waals surface area (Å²) in [6, 6.07) is 8.89. The van der Waals surface area contributed by atoms with E-state index >= 15 is 0 Å². The summed E-state index contributed by atoms with van der Waals surface area (Å²) in [6.07, 6.45) is 1.03. The number of rotatable bonds is 7. The maximum atomic E-state index is 12.4. The van der Waals surface area contributed by atoms with Crippen LogP contribution in [0.4, 0.5) is 5.69 Å². The van der Waals surface area contributed by atoms with Crippen LogP contribution in [0.25, 0.3) is 0 Å².